The van der Waals surface area contributed by atoms with Gasteiger partial charge in [0.25, 0.3) is 5.91 Å². The average Bonchev–Trinajstić information content (AvgIpc) is 2.94. The van der Waals surface area contributed by atoms with Crippen molar-refractivity contribution in [3.63, 3.8) is 0 Å². The molecule has 1 aromatic heterocycles. The van der Waals surface area contributed by atoms with E-state index < -0.39 is 6.04 Å². The maximum absolute atomic E-state index is 12.7. The average molecular weight is 313 g/mol. The van der Waals surface area contributed by atoms with E-state index in [0.29, 0.717) is 11.5 Å². The van der Waals surface area contributed by atoms with Gasteiger partial charge in [0.05, 0.1) is 12.2 Å². The van der Waals surface area contributed by atoms with E-state index in [-0.39, 0.29) is 18.5 Å². The SMILES string of the molecule is Cc1ccc(N2C(=O)N(Cc3c(C)noc3C)C(=O)[C@H]2C)cc1. The van der Waals surface area contributed by atoms with E-state index in [4.69, 9.17) is 4.52 Å². The third kappa shape index (κ3) is 2.50. The fourth-order valence-corrected chi connectivity index (χ4v) is 2.80. The van der Waals surface area contributed by atoms with Gasteiger partial charge in [-0.3, -0.25) is 14.6 Å². The smallest absolute Gasteiger partial charge is 0.332 e. The van der Waals surface area contributed by atoms with E-state index in [0.717, 1.165) is 16.8 Å². The van der Waals surface area contributed by atoms with E-state index in [1.807, 2.05) is 31.2 Å². The number of amides is 3. The number of aromatic nitrogens is 1. The number of carbonyl (C=O) groups excluding carboxylic acids is 2. The van der Waals surface area contributed by atoms with Gasteiger partial charge in [-0.1, -0.05) is 22.9 Å². The van der Waals surface area contributed by atoms with Crippen molar-refractivity contribution in [2.45, 2.75) is 40.3 Å². The standard InChI is InChI=1S/C17H19N3O3/c1-10-5-7-14(8-6-10)20-12(3)16(21)19(17(20)22)9-15-11(2)18-23-13(15)4/h5-8,12H,9H2,1-4H3/t12-/m1/s1. The third-order valence-corrected chi connectivity index (χ3v) is 4.26. The van der Waals surface area contributed by atoms with Crippen LogP contribution in [0.1, 0.15) is 29.5 Å². The molecule has 3 rings (SSSR count). The van der Waals surface area contributed by atoms with Crippen molar-refractivity contribution in [3.05, 3.63) is 46.8 Å². The van der Waals surface area contributed by atoms with Crippen molar-refractivity contribution in [2.75, 3.05) is 4.90 Å². The third-order valence-electron chi connectivity index (χ3n) is 4.26. The first-order valence-corrected chi connectivity index (χ1v) is 7.53. The second-order valence-electron chi connectivity index (χ2n) is 5.89. The highest BCUT2D eigenvalue weighted by molar-refractivity contribution is 6.14. The predicted octanol–water partition coefficient (Wildman–Crippen LogP) is 2.96. The number of hydrogen-bond donors (Lipinski definition) is 0. The van der Waals surface area contributed by atoms with E-state index in [1.165, 1.54) is 9.80 Å². The zero-order valence-corrected chi connectivity index (χ0v) is 13.7. The van der Waals surface area contributed by atoms with Gasteiger partial charge >= 0.3 is 6.03 Å². The van der Waals surface area contributed by atoms with Gasteiger partial charge in [-0.05, 0) is 39.8 Å². The monoisotopic (exact) mass is 313 g/mol. The van der Waals surface area contributed by atoms with Crippen molar-refractivity contribution >= 4 is 17.6 Å². The molecule has 1 saturated heterocycles. The largest absolute Gasteiger partial charge is 0.361 e. The summed E-state index contributed by atoms with van der Waals surface area (Å²) in [6.45, 7) is 7.49. The Kier molecular flexibility index (Phi) is 3.67. The van der Waals surface area contributed by atoms with Crippen LogP contribution in [0.2, 0.25) is 0 Å². The Morgan fingerprint density at radius 2 is 1.78 bits per heavy atom. The zero-order chi connectivity index (χ0) is 16.7. The van der Waals surface area contributed by atoms with Crippen LogP contribution in [0, 0.1) is 20.8 Å². The summed E-state index contributed by atoms with van der Waals surface area (Å²) in [5, 5.41) is 3.88. The van der Waals surface area contributed by atoms with Gasteiger partial charge in [-0.25, -0.2) is 4.79 Å². The van der Waals surface area contributed by atoms with Crippen molar-refractivity contribution in [1.82, 2.24) is 10.1 Å². The highest BCUT2D eigenvalue weighted by Gasteiger charge is 2.43. The summed E-state index contributed by atoms with van der Waals surface area (Å²) in [7, 11) is 0. The van der Waals surface area contributed by atoms with Gasteiger partial charge in [0.1, 0.15) is 11.8 Å². The Labute approximate surface area is 134 Å². The summed E-state index contributed by atoms with van der Waals surface area (Å²) in [6.07, 6.45) is 0. The Balaban J connectivity index is 1.90. The zero-order valence-electron chi connectivity index (χ0n) is 13.7. The highest BCUT2D eigenvalue weighted by Crippen LogP contribution is 2.28. The molecule has 0 saturated carbocycles. The number of aryl methyl sites for hydroxylation is 3. The first-order chi connectivity index (χ1) is 10.9. The van der Waals surface area contributed by atoms with Gasteiger partial charge in [0.2, 0.25) is 0 Å². The molecule has 0 spiro atoms. The Bertz CT molecular complexity index is 744. The first kappa shape index (κ1) is 15.3. The molecule has 2 aromatic rings. The molecule has 1 atom stereocenters. The Morgan fingerprint density at radius 3 is 2.35 bits per heavy atom. The molecule has 0 N–H and O–H groups in total. The first-order valence-electron chi connectivity index (χ1n) is 7.53. The number of imide groups is 1. The topological polar surface area (TPSA) is 66.7 Å². The second kappa shape index (κ2) is 5.53. The van der Waals surface area contributed by atoms with Crippen molar-refractivity contribution in [1.29, 1.82) is 0 Å². The quantitative estimate of drug-likeness (QED) is 0.817. The lowest BCUT2D eigenvalue weighted by Gasteiger charge is -2.19. The molecule has 120 valence electrons. The van der Waals surface area contributed by atoms with Crippen molar-refractivity contribution < 1.29 is 14.1 Å². The van der Waals surface area contributed by atoms with Crippen LogP contribution in [0.3, 0.4) is 0 Å². The number of hydrogen-bond acceptors (Lipinski definition) is 4. The summed E-state index contributed by atoms with van der Waals surface area (Å²) < 4.78 is 5.11. The molecule has 6 heteroatoms. The molecule has 0 aliphatic carbocycles. The van der Waals surface area contributed by atoms with Crippen molar-refractivity contribution in [3.8, 4) is 0 Å². The molecule has 2 heterocycles. The summed E-state index contributed by atoms with van der Waals surface area (Å²) in [4.78, 5) is 28.1. The molecular formula is C17H19N3O3. The lowest BCUT2D eigenvalue weighted by atomic mass is 10.2. The normalized spacial score (nSPS) is 18.2. The van der Waals surface area contributed by atoms with E-state index in [9.17, 15) is 9.59 Å². The Hall–Kier alpha value is -2.63. The summed E-state index contributed by atoms with van der Waals surface area (Å²) >= 11 is 0. The molecule has 0 radical (unpaired) electrons. The minimum absolute atomic E-state index is 0.186. The fraction of sp³-hybridized carbons (Fsp3) is 0.353. The second-order valence-corrected chi connectivity index (χ2v) is 5.89. The van der Waals surface area contributed by atoms with Crippen LogP contribution in [0.4, 0.5) is 10.5 Å². The minimum Gasteiger partial charge on any atom is -0.361 e. The molecular weight excluding hydrogens is 294 g/mol. The highest BCUT2D eigenvalue weighted by atomic mass is 16.5. The number of benzene rings is 1. The summed E-state index contributed by atoms with van der Waals surface area (Å²) in [6, 6.07) is 6.73. The van der Waals surface area contributed by atoms with Crippen LogP contribution in [0.5, 0.6) is 0 Å². The lowest BCUT2D eigenvalue weighted by Crippen LogP contribution is -2.33. The maximum Gasteiger partial charge on any atom is 0.332 e. The fourth-order valence-electron chi connectivity index (χ4n) is 2.80. The molecule has 1 aromatic carbocycles. The van der Waals surface area contributed by atoms with Crippen LogP contribution in [-0.2, 0) is 11.3 Å². The molecule has 0 unspecified atom stereocenters. The van der Waals surface area contributed by atoms with Crippen LogP contribution in [-0.4, -0.2) is 28.0 Å². The molecule has 23 heavy (non-hydrogen) atoms. The van der Waals surface area contributed by atoms with Gasteiger partial charge in [-0.15, -0.1) is 0 Å². The Morgan fingerprint density at radius 1 is 1.13 bits per heavy atom. The molecule has 0 bridgehead atoms. The number of nitrogens with zero attached hydrogens (tertiary/aromatic N) is 3. The van der Waals surface area contributed by atoms with Gasteiger partial charge in [0.15, 0.2) is 0 Å². The van der Waals surface area contributed by atoms with E-state index >= 15 is 0 Å². The summed E-state index contributed by atoms with van der Waals surface area (Å²) in [5.41, 5.74) is 3.31. The maximum atomic E-state index is 12.7. The number of urea groups is 1. The molecule has 6 nitrogen and oxygen atoms in total. The van der Waals surface area contributed by atoms with Crippen LogP contribution < -0.4 is 4.90 Å². The van der Waals surface area contributed by atoms with Gasteiger partial charge in [0, 0.05) is 11.3 Å². The number of anilines is 1. The van der Waals surface area contributed by atoms with Crippen LogP contribution >= 0.6 is 0 Å². The van der Waals surface area contributed by atoms with Crippen LogP contribution in [0.25, 0.3) is 0 Å². The van der Waals surface area contributed by atoms with E-state index in [1.54, 1.807) is 20.8 Å². The minimum atomic E-state index is -0.523. The van der Waals surface area contributed by atoms with E-state index in [2.05, 4.69) is 5.16 Å². The van der Waals surface area contributed by atoms with Gasteiger partial charge in [-0.2, -0.15) is 0 Å². The molecule has 1 aliphatic heterocycles. The lowest BCUT2D eigenvalue weighted by molar-refractivity contribution is -0.127. The summed E-state index contributed by atoms with van der Waals surface area (Å²) in [5.74, 6) is 0.417. The number of rotatable bonds is 3. The molecule has 1 fully saturated rings. The van der Waals surface area contributed by atoms with Crippen LogP contribution in [0.15, 0.2) is 28.8 Å². The molecule has 3 amide bonds. The predicted molar refractivity (Wildman–Crippen MR) is 85.0 cm³/mol. The van der Waals surface area contributed by atoms with Crippen molar-refractivity contribution in [2.24, 2.45) is 0 Å². The molecule has 1 aliphatic rings. The van der Waals surface area contributed by atoms with Gasteiger partial charge < -0.3 is 4.52 Å². The number of carbonyl (C=O) groups is 2.